The molecule has 0 aliphatic carbocycles. The second kappa shape index (κ2) is 12.6. The first-order chi connectivity index (χ1) is 18.7. The second-order valence-electron chi connectivity index (χ2n) is 9.32. The van der Waals surface area contributed by atoms with E-state index >= 15 is 0 Å². The van der Waals surface area contributed by atoms with E-state index in [1.165, 1.54) is 18.4 Å². The van der Waals surface area contributed by atoms with Gasteiger partial charge in [-0.15, -0.1) is 5.12 Å². The van der Waals surface area contributed by atoms with Crippen molar-refractivity contribution in [3.8, 4) is 17.4 Å². The number of carbonyl (C=O) groups is 1. The third kappa shape index (κ3) is 6.95. The summed E-state index contributed by atoms with van der Waals surface area (Å²) in [6, 6.07) is 4.88. The fourth-order valence-corrected chi connectivity index (χ4v) is 5.05. The van der Waals surface area contributed by atoms with E-state index in [1.807, 2.05) is 13.8 Å². The van der Waals surface area contributed by atoms with Crippen LogP contribution >= 0.6 is 7.94 Å². The Morgan fingerprint density at radius 3 is 2.69 bits per heavy atom. The molecule has 2 aromatic heterocycles. The lowest BCUT2D eigenvalue weighted by molar-refractivity contribution is -0.156. The van der Waals surface area contributed by atoms with Crippen molar-refractivity contribution in [3.63, 3.8) is 0 Å². The monoisotopic (exact) mass is 563 g/mol. The van der Waals surface area contributed by atoms with Gasteiger partial charge in [-0.05, 0) is 26.8 Å². The van der Waals surface area contributed by atoms with Gasteiger partial charge in [0.2, 0.25) is 23.7 Å². The van der Waals surface area contributed by atoms with Crippen LogP contribution in [0.2, 0.25) is 0 Å². The van der Waals surface area contributed by atoms with E-state index in [-0.39, 0.29) is 48.3 Å². The van der Waals surface area contributed by atoms with Gasteiger partial charge in [-0.1, -0.05) is 0 Å². The van der Waals surface area contributed by atoms with Crippen LogP contribution in [0.1, 0.15) is 38.8 Å². The number of ether oxygens (including phenoxy) is 4. The zero-order valence-electron chi connectivity index (χ0n) is 22.4. The highest BCUT2D eigenvalue weighted by Gasteiger charge is 2.29. The smallest absolute Gasteiger partial charge is 0.410 e. The Morgan fingerprint density at radius 2 is 2.03 bits per heavy atom. The maximum Gasteiger partial charge on any atom is 0.410 e. The molecule has 2 aromatic rings. The van der Waals surface area contributed by atoms with Gasteiger partial charge in [0, 0.05) is 49.1 Å². The SMILES string of the molecule is COc1c(OC2CCN(C(=O)OC(C)C)CC2)ccnc1N(N)N1/N=[P+](\[O-])CCC(O)Oc2ccc1c(C)n2. The van der Waals surface area contributed by atoms with Gasteiger partial charge in [0.25, 0.3) is 0 Å². The number of nitrogens with zero attached hydrogens (tertiary/aromatic N) is 6. The highest BCUT2D eigenvalue weighted by molar-refractivity contribution is 7.39. The van der Waals surface area contributed by atoms with Crippen molar-refractivity contribution in [2.24, 2.45) is 10.7 Å². The molecule has 2 atom stereocenters. The molecule has 2 bridgehead atoms. The number of hydrogen-bond acceptors (Lipinski definition) is 13. The molecule has 1 amide bonds. The standard InChI is InChI=1S/C24H34N7O7P/c1-15(2)36-24(33)29-12-8-17(9-13-29)37-19-7-11-26-23(22(19)35-4)30(25)31-18-5-6-20(27-16(18)3)38-21(32)10-14-39(34)28-31/h5-7,11,15,17,21,32H,8-10,12-14,25H2,1-4H3. The summed E-state index contributed by atoms with van der Waals surface area (Å²) in [6.07, 6.45) is 1.04. The molecule has 0 saturated carbocycles. The van der Waals surface area contributed by atoms with Gasteiger partial charge in [-0.25, -0.2) is 20.6 Å². The number of aliphatic hydroxyl groups excluding tert-OH is 1. The second-order valence-corrected chi connectivity index (χ2v) is 10.6. The fraction of sp³-hybridized carbons (Fsp3) is 0.542. The van der Waals surface area contributed by atoms with E-state index in [4.69, 9.17) is 24.8 Å². The maximum atomic E-state index is 12.8. The third-order valence-electron chi connectivity index (χ3n) is 6.06. The number of pyridine rings is 2. The summed E-state index contributed by atoms with van der Waals surface area (Å²) in [7, 11) is -0.702. The molecule has 3 aliphatic heterocycles. The zero-order valence-corrected chi connectivity index (χ0v) is 23.3. The summed E-state index contributed by atoms with van der Waals surface area (Å²) in [4.78, 5) is 39.7. The number of amides is 1. The Morgan fingerprint density at radius 1 is 1.28 bits per heavy atom. The van der Waals surface area contributed by atoms with Crippen LogP contribution in [-0.4, -0.2) is 70.9 Å². The summed E-state index contributed by atoms with van der Waals surface area (Å²) in [5.41, 5.74) is 0.902. The molecule has 212 valence electrons. The van der Waals surface area contributed by atoms with E-state index < -0.39 is 14.2 Å². The number of aliphatic hydroxyl groups is 1. The fourth-order valence-electron chi connectivity index (χ4n) is 4.14. The summed E-state index contributed by atoms with van der Waals surface area (Å²) in [6.45, 7) is 6.34. The van der Waals surface area contributed by atoms with Crippen LogP contribution in [0.3, 0.4) is 0 Å². The van der Waals surface area contributed by atoms with Gasteiger partial charge < -0.3 is 33.8 Å². The molecule has 5 heterocycles. The number of likely N-dealkylation sites (tertiary alicyclic amines) is 1. The van der Waals surface area contributed by atoms with Crippen molar-refractivity contribution in [1.29, 1.82) is 0 Å². The molecule has 0 radical (unpaired) electrons. The predicted octanol–water partition coefficient (Wildman–Crippen LogP) is 2.24. The van der Waals surface area contributed by atoms with Crippen LogP contribution in [0.4, 0.5) is 16.3 Å². The average molecular weight is 564 g/mol. The Kier molecular flexibility index (Phi) is 9.23. The van der Waals surface area contributed by atoms with E-state index in [1.54, 1.807) is 30.0 Å². The quantitative estimate of drug-likeness (QED) is 0.299. The van der Waals surface area contributed by atoms with Crippen LogP contribution in [0.5, 0.6) is 17.4 Å². The number of aromatic nitrogens is 2. The van der Waals surface area contributed by atoms with Gasteiger partial charge in [0.05, 0.1) is 25.3 Å². The minimum atomic E-state index is -2.17. The molecule has 3 N–H and O–H groups in total. The Hall–Kier alpha value is -3.45. The average Bonchev–Trinajstić information content (AvgIpc) is 2.94. The van der Waals surface area contributed by atoms with Crippen molar-refractivity contribution in [2.75, 3.05) is 36.6 Å². The lowest BCUT2D eigenvalue weighted by atomic mass is 10.1. The minimum Gasteiger partial charge on any atom is -0.610 e. The Labute approximate surface area is 227 Å². The number of carbonyl (C=O) groups excluding carboxylic acids is 1. The molecule has 15 heteroatoms. The van der Waals surface area contributed by atoms with Crippen LogP contribution in [0.25, 0.3) is 0 Å². The molecule has 0 spiro atoms. The first-order valence-electron chi connectivity index (χ1n) is 12.6. The molecule has 5 rings (SSSR count). The summed E-state index contributed by atoms with van der Waals surface area (Å²) in [5, 5.41) is 12.4. The van der Waals surface area contributed by atoms with E-state index in [0.717, 1.165) is 5.12 Å². The first kappa shape index (κ1) is 28.6. The van der Waals surface area contributed by atoms with Crippen LogP contribution in [0, 0.1) is 6.92 Å². The van der Waals surface area contributed by atoms with Crippen molar-refractivity contribution in [1.82, 2.24) is 14.9 Å². The topological polar surface area (TPSA) is 171 Å². The molecule has 14 nitrogen and oxygen atoms in total. The lowest BCUT2D eigenvalue weighted by Gasteiger charge is -2.33. The predicted molar refractivity (Wildman–Crippen MR) is 141 cm³/mol. The molecule has 3 aliphatic rings. The van der Waals surface area contributed by atoms with E-state index in [9.17, 15) is 14.8 Å². The van der Waals surface area contributed by atoms with Crippen molar-refractivity contribution >= 4 is 25.5 Å². The van der Waals surface area contributed by atoms with Crippen LogP contribution in [0.15, 0.2) is 29.2 Å². The van der Waals surface area contributed by atoms with Gasteiger partial charge in [0.15, 0.2) is 13.7 Å². The van der Waals surface area contributed by atoms with Gasteiger partial charge in [-0.2, -0.15) is 5.12 Å². The highest BCUT2D eigenvalue weighted by atomic mass is 31.1. The number of hydrogen-bond donors (Lipinski definition) is 2. The molecule has 39 heavy (non-hydrogen) atoms. The molecule has 2 unspecified atom stereocenters. The van der Waals surface area contributed by atoms with Gasteiger partial charge >= 0.3 is 6.09 Å². The number of rotatable bonds is 6. The van der Waals surface area contributed by atoms with E-state index in [0.29, 0.717) is 43.1 Å². The van der Waals surface area contributed by atoms with Crippen molar-refractivity contribution in [3.05, 3.63) is 30.1 Å². The molecule has 0 aromatic carbocycles. The minimum absolute atomic E-state index is 0.0670. The highest BCUT2D eigenvalue weighted by Crippen LogP contribution is 2.39. The number of anilines is 2. The largest absolute Gasteiger partial charge is 0.610 e. The van der Waals surface area contributed by atoms with Gasteiger partial charge in [-0.3, -0.25) is 0 Å². The molecule has 1 fully saturated rings. The number of hydrazine groups is 2. The molecular weight excluding hydrogens is 529 g/mol. The number of aryl methyl sites for hydroxylation is 1. The summed E-state index contributed by atoms with van der Waals surface area (Å²) < 4.78 is 22.6. The van der Waals surface area contributed by atoms with Crippen LogP contribution < -0.4 is 35.2 Å². The zero-order chi connectivity index (χ0) is 28.1. The summed E-state index contributed by atoms with van der Waals surface area (Å²) >= 11 is 0. The normalized spacial score (nSPS) is 19.6. The number of methoxy groups -OCH3 is 1. The molecular formula is C24H34N7O7P. The lowest BCUT2D eigenvalue weighted by Crippen LogP contribution is -2.46. The number of nitrogens with two attached hydrogens (primary N) is 1. The third-order valence-corrected chi connectivity index (χ3v) is 7.07. The summed E-state index contributed by atoms with van der Waals surface area (Å²) in [5.74, 6) is 7.55. The maximum absolute atomic E-state index is 12.8. The van der Waals surface area contributed by atoms with Crippen molar-refractivity contribution < 1.29 is 33.7 Å². The Balaban J connectivity index is 1.57. The molecule has 1 saturated heterocycles. The van der Waals surface area contributed by atoms with Gasteiger partial charge in [0.1, 0.15) is 18.0 Å². The Bertz CT molecular complexity index is 1190. The van der Waals surface area contributed by atoms with E-state index in [2.05, 4.69) is 14.8 Å². The first-order valence-corrected chi connectivity index (χ1v) is 14.0. The van der Waals surface area contributed by atoms with Crippen molar-refractivity contribution in [2.45, 2.75) is 58.5 Å². The van der Waals surface area contributed by atoms with Crippen LogP contribution in [-0.2, 0) is 4.74 Å². The number of fused-ring (bicyclic) bond motifs is 7. The number of piperidine rings is 1.